The molecular formula is C14H13N5. The molecule has 0 radical (unpaired) electrons. The van der Waals surface area contributed by atoms with Gasteiger partial charge in [-0.3, -0.25) is 0 Å². The van der Waals surface area contributed by atoms with E-state index >= 15 is 0 Å². The number of nitrogens with zero attached hydrogens (tertiary/aromatic N) is 3. The summed E-state index contributed by atoms with van der Waals surface area (Å²) in [5.41, 5.74) is 1.87. The van der Waals surface area contributed by atoms with Gasteiger partial charge in [-0.05, 0) is 31.0 Å². The summed E-state index contributed by atoms with van der Waals surface area (Å²) < 4.78 is 0. The van der Waals surface area contributed by atoms with Gasteiger partial charge in [0, 0.05) is 35.6 Å². The summed E-state index contributed by atoms with van der Waals surface area (Å²) in [7, 11) is 0. The SMILES string of the molecule is c1cc(NC2CC2)nc(-c2ccnc3[nH]ccc23)n1. The quantitative estimate of drug-likeness (QED) is 0.751. The zero-order valence-electron chi connectivity index (χ0n) is 10.3. The highest BCUT2D eigenvalue weighted by Crippen LogP contribution is 2.27. The molecule has 0 aromatic carbocycles. The molecule has 0 aliphatic heterocycles. The van der Waals surface area contributed by atoms with Gasteiger partial charge in [0.05, 0.1) is 0 Å². The lowest BCUT2D eigenvalue weighted by molar-refractivity contribution is 1.09. The van der Waals surface area contributed by atoms with E-state index < -0.39 is 0 Å². The first-order valence-electron chi connectivity index (χ1n) is 6.42. The van der Waals surface area contributed by atoms with E-state index in [0.29, 0.717) is 6.04 Å². The van der Waals surface area contributed by atoms with Gasteiger partial charge in [-0.15, -0.1) is 0 Å². The molecule has 1 fully saturated rings. The molecule has 1 saturated carbocycles. The second-order valence-electron chi connectivity index (χ2n) is 4.78. The van der Waals surface area contributed by atoms with Crippen molar-refractivity contribution in [2.24, 2.45) is 0 Å². The second-order valence-corrected chi connectivity index (χ2v) is 4.78. The molecule has 0 atom stereocenters. The van der Waals surface area contributed by atoms with Gasteiger partial charge in [0.25, 0.3) is 0 Å². The minimum Gasteiger partial charge on any atom is -0.367 e. The summed E-state index contributed by atoms with van der Waals surface area (Å²) in [6.45, 7) is 0. The van der Waals surface area contributed by atoms with Crippen LogP contribution in [0, 0.1) is 0 Å². The third kappa shape index (κ3) is 1.93. The first kappa shape index (κ1) is 10.5. The lowest BCUT2D eigenvalue weighted by Crippen LogP contribution is -2.04. The van der Waals surface area contributed by atoms with Crippen molar-refractivity contribution >= 4 is 16.9 Å². The molecule has 1 aliphatic carbocycles. The fraction of sp³-hybridized carbons (Fsp3) is 0.214. The number of hydrogen-bond donors (Lipinski definition) is 2. The molecule has 0 bridgehead atoms. The van der Waals surface area contributed by atoms with Crippen molar-refractivity contribution in [2.45, 2.75) is 18.9 Å². The molecule has 0 amide bonds. The van der Waals surface area contributed by atoms with Gasteiger partial charge in [-0.2, -0.15) is 0 Å². The van der Waals surface area contributed by atoms with Gasteiger partial charge in [0.1, 0.15) is 11.5 Å². The Morgan fingerprint density at radius 3 is 2.89 bits per heavy atom. The number of nitrogens with one attached hydrogen (secondary N) is 2. The molecule has 0 unspecified atom stereocenters. The van der Waals surface area contributed by atoms with Gasteiger partial charge in [-0.25, -0.2) is 15.0 Å². The minimum atomic E-state index is 0.590. The van der Waals surface area contributed by atoms with E-state index in [1.54, 1.807) is 12.4 Å². The maximum Gasteiger partial charge on any atom is 0.162 e. The van der Waals surface area contributed by atoms with Crippen molar-refractivity contribution < 1.29 is 0 Å². The first-order chi connectivity index (χ1) is 9.40. The van der Waals surface area contributed by atoms with Crippen molar-refractivity contribution in [1.29, 1.82) is 0 Å². The number of H-pyrrole nitrogens is 1. The van der Waals surface area contributed by atoms with Crippen LogP contribution in [0.1, 0.15) is 12.8 Å². The number of fused-ring (bicyclic) bond motifs is 1. The topological polar surface area (TPSA) is 66.5 Å². The van der Waals surface area contributed by atoms with Crippen LogP contribution in [0.3, 0.4) is 0 Å². The van der Waals surface area contributed by atoms with E-state index in [1.807, 2.05) is 24.4 Å². The molecule has 19 heavy (non-hydrogen) atoms. The second kappa shape index (κ2) is 4.05. The van der Waals surface area contributed by atoms with Crippen LogP contribution in [0.5, 0.6) is 0 Å². The Kier molecular flexibility index (Phi) is 2.24. The number of aromatic nitrogens is 4. The summed E-state index contributed by atoms with van der Waals surface area (Å²) in [5.74, 6) is 1.63. The Balaban J connectivity index is 1.80. The number of pyridine rings is 1. The highest BCUT2D eigenvalue weighted by Gasteiger charge is 2.21. The van der Waals surface area contributed by atoms with Crippen LogP contribution >= 0.6 is 0 Å². The minimum absolute atomic E-state index is 0.590. The molecule has 0 saturated heterocycles. The highest BCUT2D eigenvalue weighted by atomic mass is 15.1. The summed E-state index contributed by atoms with van der Waals surface area (Å²) in [6, 6.07) is 6.46. The molecular weight excluding hydrogens is 238 g/mol. The Morgan fingerprint density at radius 1 is 1.11 bits per heavy atom. The number of anilines is 1. The smallest absolute Gasteiger partial charge is 0.162 e. The zero-order valence-corrected chi connectivity index (χ0v) is 10.3. The van der Waals surface area contributed by atoms with Gasteiger partial charge in [-0.1, -0.05) is 0 Å². The van der Waals surface area contributed by atoms with E-state index in [-0.39, 0.29) is 0 Å². The Bertz CT molecular complexity index is 729. The fourth-order valence-electron chi connectivity index (χ4n) is 2.16. The van der Waals surface area contributed by atoms with E-state index in [0.717, 1.165) is 28.2 Å². The lowest BCUT2D eigenvalue weighted by Gasteiger charge is -2.06. The molecule has 3 aromatic heterocycles. The predicted molar refractivity (Wildman–Crippen MR) is 73.8 cm³/mol. The third-order valence-electron chi connectivity index (χ3n) is 3.29. The van der Waals surface area contributed by atoms with E-state index in [2.05, 4.69) is 25.3 Å². The predicted octanol–water partition coefficient (Wildman–Crippen LogP) is 2.59. The van der Waals surface area contributed by atoms with E-state index in [4.69, 9.17) is 0 Å². The largest absolute Gasteiger partial charge is 0.367 e. The zero-order chi connectivity index (χ0) is 12.7. The molecule has 3 heterocycles. The lowest BCUT2D eigenvalue weighted by atomic mass is 10.2. The summed E-state index contributed by atoms with van der Waals surface area (Å²) >= 11 is 0. The molecule has 5 nitrogen and oxygen atoms in total. The molecule has 4 rings (SSSR count). The normalized spacial score (nSPS) is 14.7. The number of hydrogen-bond acceptors (Lipinski definition) is 4. The summed E-state index contributed by atoms with van der Waals surface area (Å²) in [4.78, 5) is 16.3. The summed E-state index contributed by atoms with van der Waals surface area (Å²) in [6.07, 6.45) is 7.92. The van der Waals surface area contributed by atoms with Crippen LogP contribution in [-0.2, 0) is 0 Å². The molecule has 2 N–H and O–H groups in total. The van der Waals surface area contributed by atoms with E-state index in [1.165, 1.54) is 12.8 Å². The van der Waals surface area contributed by atoms with Gasteiger partial charge >= 0.3 is 0 Å². The maximum atomic E-state index is 4.59. The van der Waals surface area contributed by atoms with Crippen LogP contribution in [0.25, 0.3) is 22.4 Å². The third-order valence-corrected chi connectivity index (χ3v) is 3.29. The first-order valence-corrected chi connectivity index (χ1v) is 6.42. The van der Waals surface area contributed by atoms with Crippen molar-refractivity contribution in [3.63, 3.8) is 0 Å². The molecule has 5 heteroatoms. The Morgan fingerprint density at radius 2 is 2.00 bits per heavy atom. The molecule has 94 valence electrons. The fourth-order valence-corrected chi connectivity index (χ4v) is 2.16. The summed E-state index contributed by atoms with van der Waals surface area (Å²) in [5, 5.41) is 4.44. The molecule has 0 spiro atoms. The van der Waals surface area contributed by atoms with Gasteiger partial charge in [0.2, 0.25) is 0 Å². The number of rotatable bonds is 3. The average Bonchev–Trinajstić information content (AvgIpc) is 3.12. The number of aromatic amines is 1. The Labute approximate surface area is 110 Å². The Hall–Kier alpha value is -2.43. The highest BCUT2D eigenvalue weighted by molar-refractivity contribution is 5.90. The standard InChI is InChI=1S/C14H13N5/c1-2-9(1)18-12-5-8-17-14(19-12)11-4-7-16-13-10(11)3-6-15-13/h3-9H,1-2H2,(H,15,16)(H,17,18,19). The van der Waals surface area contributed by atoms with Crippen LogP contribution in [0.15, 0.2) is 36.8 Å². The van der Waals surface area contributed by atoms with Crippen molar-refractivity contribution in [2.75, 3.05) is 5.32 Å². The molecule has 3 aromatic rings. The van der Waals surface area contributed by atoms with Crippen molar-refractivity contribution in [3.05, 3.63) is 36.8 Å². The van der Waals surface area contributed by atoms with E-state index in [9.17, 15) is 0 Å². The van der Waals surface area contributed by atoms with Crippen LogP contribution in [-0.4, -0.2) is 26.0 Å². The van der Waals surface area contributed by atoms with Crippen LogP contribution in [0.2, 0.25) is 0 Å². The average molecular weight is 251 g/mol. The van der Waals surface area contributed by atoms with Crippen LogP contribution < -0.4 is 5.32 Å². The van der Waals surface area contributed by atoms with Crippen molar-refractivity contribution in [3.8, 4) is 11.4 Å². The molecule has 1 aliphatic rings. The maximum absolute atomic E-state index is 4.59. The van der Waals surface area contributed by atoms with Gasteiger partial charge < -0.3 is 10.3 Å². The van der Waals surface area contributed by atoms with Crippen LogP contribution in [0.4, 0.5) is 5.82 Å². The monoisotopic (exact) mass is 251 g/mol. The van der Waals surface area contributed by atoms with Gasteiger partial charge in [0.15, 0.2) is 5.82 Å². The van der Waals surface area contributed by atoms with Crippen molar-refractivity contribution in [1.82, 2.24) is 19.9 Å².